The fraction of sp³-hybridized carbons (Fsp3) is 0.333. The van der Waals surface area contributed by atoms with Crippen molar-refractivity contribution in [2.75, 3.05) is 32.1 Å². The summed E-state index contributed by atoms with van der Waals surface area (Å²) >= 11 is 1.62. The van der Waals surface area contributed by atoms with Crippen LogP contribution in [0.2, 0.25) is 0 Å². The average Bonchev–Trinajstić information content (AvgIpc) is 3.35. The van der Waals surface area contributed by atoms with Gasteiger partial charge in [-0.3, -0.25) is 4.79 Å². The Morgan fingerprint density at radius 3 is 2.29 bits per heavy atom. The zero-order chi connectivity index (χ0) is 24.3. The van der Waals surface area contributed by atoms with Crippen LogP contribution in [0.25, 0.3) is 0 Å². The Morgan fingerprint density at radius 1 is 0.941 bits per heavy atom. The van der Waals surface area contributed by atoms with E-state index < -0.39 is 0 Å². The molecule has 180 valence electrons. The van der Waals surface area contributed by atoms with E-state index in [0.29, 0.717) is 37.8 Å². The average molecular weight is 480 g/mol. The highest BCUT2D eigenvalue weighted by Crippen LogP contribution is 2.18. The Balaban J connectivity index is 1.71. The van der Waals surface area contributed by atoms with E-state index in [0.717, 1.165) is 10.4 Å². The van der Waals surface area contributed by atoms with Crippen LogP contribution in [0.3, 0.4) is 0 Å². The Hall–Kier alpha value is -3.16. The number of thiophene rings is 1. The second-order valence-corrected chi connectivity index (χ2v) is 9.47. The molecule has 7 heteroatoms. The van der Waals surface area contributed by atoms with Crippen molar-refractivity contribution in [3.05, 3.63) is 88.1 Å². The maximum Gasteiger partial charge on any atom is 0.322 e. The number of carbonyl (C=O) groups is 2. The van der Waals surface area contributed by atoms with Crippen molar-refractivity contribution in [3.63, 3.8) is 0 Å². The Bertz CT molecular complexity index is 1020. The minimum Gasteiger partial charge on any atom is -0.383 e. The highest BCUT2D eigenvalue weighted by molar-refractivity contribution is 7.09. The van der Waals surface area contributed by atoms with Gasteiger partial charge >= 0.3 is 6.03 Å². The fourth-order valence-electron chi connectivity index (χ4n) is 3.50. The van der Waals surface area contributed by atoms with Gasteiger partial charge in [0, 0.05) is 30.8 Å². The van der Waals surface area contributed by atoms with E-state index in [4.69, 9.17) is 4.74 Å². The first-order chi connectivity index (χ1) is 16.5. The number of nitrogens with one attached hydrogen (secondary N) is 1. The third-order valence-electron chi connectivity index (χ3n) is 5.50. The molecule has 0 unspecified atom stereocenters. The molecular formula is C27H33N3O3S. The lowest BCUT2D eigenvalue weighted by Gasteiger charge is -2.27. The number of anilines is 1. The zero-order valence-corrected chi connectivity index (χ0v) is 20.9. The molecule has 0 saturated heterocycles. The van der Waals surface area contributed by atoms with Crippen molar-refractivity contribution in [1.82, 2.24) is 9.80 Å². The summed E-state index contributed by atoms with van der Waals surface area (Å²) in [5.41, 5.74) is 2.95. The van der Waals surface area contributed by atoms with Gasteiger partial charge in [0.15, 0.2) is 0 Å². The Kier molecular flexibility index (Phi) is 9.67. The molecule has 2 aromatic carbocycles. The lowest BCUT2D eigenvalue weighted by molar-refractivity contribution is -0.133. The zero-order valence-electron chi connectivity index (χ0n) is 20.1. The molecule has 0 bridgehead atoms. The van der Waals surface area contributed by atoms with Crippen LogP contribution in [0.15, 0.2) is 72.1 Å². The third-order valence-corrected chi connectivity index (χ3v) is 6.36. The first-order valence-electron chi connectivity index (χ1n) is 11.4. The van der Waals surface area contributed by atoms with Crippen molar-refractivity contribution in [1.29, 1.82) is 0 Å². The third kappa shape index (κ3) is 7.71. The highest BCUT2D eigenvalue weighted by atomic mass is 32.1. The molecule has 0 aliphatic rings. The summed E-state index contributed by atoms with van der Waals surface area (Å²) < 4.78 is 5.19. The smallest absolute Gasteiger partial charge is 0.322 e. The van der Waals surface area contributed by atoms with Gasteiger partial charge < -0.3 is 19.9 Å². The molecule has 34 heavy (non-hydrogen) atoms. The summed E-state index contributed by atoms with van der Waals surface area (Å²) in [5.74, 6) is 0.304. The fourth-order valence-corrected chi connectivity index (χ4v) is 4.22. The van der Waals surface area contributed by atoms with Crippen molar-refractivity contribution < 1.29 is 14.3 Å². The van der Waals surface area contributed by atoms with Gasteiger partial charge in [0.2, 0.25) is 5.91 Å². The largest absolute Gasteiger partial charge is 0.383 e. The maximum atomic E-state index is 13.4. The molecule has 0 spiro atoms. The lowest BCUT2D eigenvalue weighted by Crippen LogP contribution is -2.45. The minimum absolute atomic E-state index is 0.0303. The number of rotatable bonds is 11. The molecule has 1 N–H and O–H groups in total. The number of hydrogen-bond acceptors (Lipinski definition) is 4. The van der Waals surface area contributed by atoms with Crippen molar-refractivity contribution in [2.24, 2.45) is 0 Å². The molecule has 0 aliphatic heterocycles. The normalized spacial score (nSPS) is 10.8. The van der Waals surface area contributed by atoms with Crippen LogP contribution in [-0.4, -0.2) is 48.5 Å². The van der Waals surface area contributed by atoms with Gasteiger partial charge in [-0.25, -0.2) is 4.79 Å². The van der Waals surface area contributed by atoms with E-state index in [9.17, 15) is 9.59 Å². The molecule has 3 amide bonds. The summed E-state index contributed by atoms with van der Waals surface area (Å²) in [6, 6.07) is 21.4. The summed E-state index contributed by atoms with van der Waals surface area (Å²) in [6.45, 7) is 5.87. The van der Waals surface area contributed by atoms with Crippen LogP contribution in [-0.2, 0) is 22.6 Å². The van der Waals surface area contributed by atoms with Crippen LogP contribution in [0.1, 0.15) is 35.8 Å². The van der Waals surface area contributed by atoms with E-state index in [1.54, 1.807) is 23.3 Å². The number of benzene rings is 2. The predicted molar refractivity (Wildman–Crippen MR) is 138 cm³/mol. The van der Waals surface area contributed by atoms with Crippen LogP contribution in [0.4, 0.5) is 10.5 Å². The molecule has 3 rings (SSSR count). The van der Waals surface area contributed by atoms with Crippen LogP contribution in [0.5, 0.6) is 0 Å². The molecule has 0 atom stereocenters. The Morgan fingerprint density at radius 2 is 1.68 bits per heavy atom. The molecule has 0 radical (unpaired) electrons. The second-order valence-electron chi connectivity index (χ2n) is 8.44. The summed E-state index contributed by atoms with van der Waals surface area (Å²) in [4.78, 5) is 30.9. The van der Waals surface area contributed by atoms with Gasteiger partial charge in [-0.05, 0) is 40.6 Å². The van der Waals surface area contributed by atoms with Gasteiger partial charge in [0.1, 0.15) is 6.54 Å². The van der Waals surface area contributed by atoms with Gasteiger partial charge in [-0.1, -0.05) is 62.4 Å². The van der Waals surface area contributed by atoms with Gasteiger partial charge in [-0.2, -0.15) is 0 Å². The first-order valence-corrected chi connectivity index (χ1v) is 12.3. The van der Waals surface area contributed by atoms with E-state index in [2.05, 4.69) is 19.2 Å². The minimum atomic E-state index is -0.321. The van der Waals surface area contributed by atoms with E-state index in [-0.39, 0.29) is 18.5 Å². The number of nitrogens with zero attached hydrogens (tertiary/aromatic N) is 2. The summed E-state index contributed by atoms with van der Waals surface area (Å²) in [6.07, 6.45) is 0. The van der Waals surface area contributed by atoms with E-state index in [1.807, 2.05) is 72.1 Å². The number of hydrogen-bond donors (Lipinski definition) is 1. The van der Waals surface area contributed by atoms with Gasteiger partial charge in [0.25, 0.3) is 0 Å². The number of methoxy groups -OCH3 is 1. The SMILES string of the molecule is COCCN(CC(=O)N(Cc1ccccc1)Cc1cccs1)C(=O)Nc1ccc(C(C)C)cc1. The molecule has 1 aromatic heterocycles. The van der Waals surface area contributed by atoms with Crippen LogP contribution < -0.4 is 5.32 Å². The van der Waals surface area contributed by atoms with E-state index >= 15 is 0 Å². The lowest BCUT2D eigenvalue weighted by atomic mass is 10.0. The number of amides is 3. The van der Waals surface area contributed by atoms with Crippen molar-refractivity contribution >= 4 is 29.0 Å². The molecule has 0 fully saturated rings. The Labute approximate surface area is 206 Å². The first kappa shape index (κ1) is 25.5. The standard InChI is InChI=1S/C27H33N3O3S/c1-21(2)23-11-13-24(14-12-23)28-27(32)29(15-16-33-3)20-26(31)30(19-25-10-7-17-34-25)18-22-8-5-4-6-9-22/h4-14,17,21H,15-16,18-20H2,1-3H3,(H,28,32). The number of urea groups is 1. The van der Waals surface area contributed by atoms with Crippen LogP contribution >= 0.6 is 11.3 Å². The topological polar surface area (TPSA) is 61.9 Å². The molecular weight excluding hydrogens is 446 g/mol. The molecule has 1 heterocycles. The molecule has 3 aromatic rings. The predicted octanol–water partition coefficient (Wildman–Crippen LogP) is 5.58. The van der Waals surface area contributed by atoms with Gasteiger partial charge in [0.05, 0.1) is 13.2 Å². The van der Waals surface area contributed by atoms with Crippen molar-refractivity contribution in [3.8, 4) is 0 Å². The van der Waals surface area contributed by atoms with Gasteiger partial charge in [-0.15, -0.1) is 11.3 Å². The molecule has 0 aliphatic carbocycles. The van der Waals surface area contributed by atoms with Crippen molar-refractivity contribution in [2.45, 2.75) is 32.9 Å². The highest BCUT2D eigenvalue weighted by Gasteiger charge is 2.22. The molecule has 0 saturated carbocycles. The van der Waals surface area contributed by atoms with E-state index in [1.165, 1.54) is 10.5 Å². The van der Waals surface area contributed by atoms with Crippen LogP contribution in [0, 0.1) is 0 Å². The quantitative estimate of drug-likeness (QED) is 0.390. The number of carbonyl (C=O) groups excluding carboxylic acids is 2. The molecule has 6 nitrogen and oxygen atoms in total. The second kappa shape index (κ2) is 12.9. The maximum absolute atomic E-state index is 13.4. The number of ether oxygens (including phenoxy) is 1. The monoisotopic (exact) mass is 479 g/mol. The summed E-state index contributed by atoms with van der Waals surface area (Å²) in [7, 11) is 1.58. The summed E-state index contributed by atoms with van der Waals surface area (Å²) in [5, 5.41) is 4.92.